The van der Waals surface area contributed by atoms with Crippen molar-refractivity contribution >= 4 is 27.6 Å². The van der Waals surface area contributed by atoms with Crippen LogP contribution in [0.5, 0.6) is 11.5 Å². The molecular weight excluding hydrogens is 570 g/mol. The van der Waals surface area contributed by atoms with Gasteiger partial charge < -0.3 is 24.8 Å². The molecule has 4 aromatic carbocycles. The highest BCUT2D eigenvalue weighted by Crippen LogP contribution is 2.53. The number of fused-ring (bicyclic) bond motifs is 1. The monoisotopic (exact) mass is 599 g/mol. The van der Waals surface area contributed by atoms with Crippen LogP contribution in [0.1, 0.15) is 23.5 Å². The van der Waals surface area contributed by atoms with Crippen LogP contribution >= 0.6 is 0 Å². The van der Waals surface area contributed by atoms with Gasteiger partial charge in [0.05, 0.1) is 11.5 Å². The Hall–Kier alpha value is -4.87. The van der Waals surface area contributed by atoms with Crippen molar-refractivity contribution in [3.63, 3.8) is 0 Å². The van der Waals surface area contributed by atoms with Gasteiger partial charge in [0.25, 0.3) is 15.9 Å². The van der Waals surface area contributed by atoms with Gasteiger partial charge in [0.1, 0.15) is 5.54 Å². The summed E-state index contributed by atoms with van der Waals surface area (Å²) in [5.41, 5.74) is 1.65. The Labute approximate surface area is 248 Å². The van der Waals surface area contributed by atoms with E-state index in [-0.39, 0.29) is 30.6 Å². The van der Waals surface area contributed by atoms with Gasteiger partial charge in [-0.1, -0.05) is 72.8 Å². The molecule has 0 radical (unpaired) electrons. The molecule has 1 aliphatic carbocycles. The molecule has 4 aromatic rings. The normalized spacial score (nSPS) is 18.5. The number of aliphatic hydroxyl groups excluding tert-OH is 1. The number of amides is 3. The Balaban J connectivity index is 1.27. The zero-order chi connectivity index (χ0) is 30.2. The Bertz CT molecular complexity index is 1800. The van der Waals surface area contributed by atoms with E-state index in [0.717, 1.165) is 5.56 Å². The number of nitrogens with one attached hydrogen (secondary N) is 2. The summed E-state index contributed by atoms with van der Waals surface area (Å²) in [6.45, 7) is -0.0555. The molecule has 0 aromatic heterocycles. The number of anilines is 1. The van der Waals surface area contributed by atoms with Crippen molar-refractivity contribution in [1.82, 2.24) is 10.0 Å². The van der Waals surface area contributed by atoms with Gasteiger partial charge in [-0.25, -0.2) is 17.9 Å². The van der Waals surface area contributed by atoms with E-state index in [1.54, 1.807) is 67.7 Å². The number of carbonyl (C=O) groups is 2. The summed E-state index contributed by atoms with van der Waals surface area (Å²) in [7, 11) is -2.76. The third-order valence-electron chi connectivity index (χ3n) is 7.78. The first kappa shape index (κ1) is 28.3. The van der Waals surface area contributed by atoms with Crippen LogP contribution in [-0.2, 0) is 21.4 Å². The molecule has 2 aliphatic rings. The molecule has 6 rings (SSSR count). The molecule has 3 N–H and O–H groups in total. The molecule has 1 heterocycles. The predicted octanol–water partition coefficient (Wildman–Crippen LogP) is 4.15. The molecule has 1 fully saturated rings. The molecule has 220 valence electrons. The van der Waals surface area contributed by atoms with E-state index in [1.165, 1.54) is 11.0 Å². The van der Waals surface area contributed by atoms with Crippen LogP contribution in [0, 0.1) is 0 Å². The summed E-state index contributed by atoms with van der Waals surface area (Å²) >= 11 is 0. The maximum absolute atomic E-state index is 14.0. The number of nitrogens with zero attached hydrogens (tertiary/aromatic N) is 1. The summed E-state index contributed by atoms with van der Waals surface area (Å²) < 4.78 is 40.0. The minimum Gasteiger partial charge on any atom is -0.454 e. The minimum absolute atomic E-state index is 0.0871. The molecule has 1 saturated carbocycles. The molecule has 10 nitrogen and oxygen atoms in total. The molecule has 3 amide bonds. The van der Waals surface area contributed by atoms with Crippen molar-refractivity contribution in [3.05, 3.63) is 108 Å². The topological polar surface area (TPSA) is 134 Å². The van der Waals surface area contributed by atoms with E-state index in [2.05, 4.69) is 10.0 Å². The molecular formula is C32H29N3O7S. The van der Waals surface area contributed by atoms with Crippen molar-refractivity contribution < 1.29 is 32.6 Å². The molecule has 2 unspecified atom stereocenters. The van der Waals surface area contributed by atoms with Gasteiger partial charge in [-0.15, -0.1) is 0 Å². The van der Waals surface area contributed by atoms with Crippen molar-refractivity contribution in [2.45, 2.75) is 29.4 Å². The van der Waals surface area contributed by atoms with Crippen LogP contribution in [-0.4, -0.2) is 44.8 Å². The van der Waals surface area contributed by atoms with Crippen LogP contribution in [0.15, 0.2) is 102 Å². The highest BCUT2D eigenvalue weighted by atomic mass is 32.2. The largest absolute Gasteiger partial charge is 0.454 e. The Morgan fingerprint density at radius 3 is 2.37 bits per heavy atom. The molecule has 0 saturated heterocycles. The number of hydrogen-bond acceptors (Lipinski definition) is 7. The molecule has 0 spiro atoms. The lowest BCUT2D eigenvalue weighted by Crippen LogP contribution is -2.54. The zero-order valence-corrected chi connectivity index (χ0v) is 24.0. The van der Waals surface area contributed by atoms with Crippen LogP contribution in [0.3, 0.4) is 0 Å². The fourth-order valence-corrected chi connectivity index (χ4v) is 6.56. The van der Waals surface area contributed by atoms with Gasteiger partial charge in [-0.3, -0.25) is 4.79 Å². The number of urea groups is 1. The fraction of sp³-hybridized carbons (Fsp3) is 0.188. The van der Waals surface area contributed by atoms with E-state index in [4.69, 9.17) is 9.47 Å². The minimum atomic E-state index is -4.35. The first-order valence-corrected chi connectivity index (χ1v) is 15.1. The third-order valence-corrected chi connectivity index (χ3v) is 9.17. The average molecular weight is 600 g/mol. The van der Waals surface area contributed by atoms with Crippen molar-refractivity contribution in [2.24, 2.45) is 0 Å². The number of rotatable bonds is 8. The van der Waals surface area contributed by atoms with Crippen LogP contribution in [0.25, 0.3) is 11.1 Å². The Morgan fingerprint density at radius 1 is 0.930 bits per heavy atom. The maximum atomic E-state index is 14.0. The summed E-state index contributed by atoms with van der Waals surface area (Å²) in [4.78, 5) is 28.7. The third kappa shape index (κ3) is 5.40. The molecule has 0 bridgehead atoms. The average Bonchev–Trinajstić information content (AvgIpc) is 3.55. The summed E-state index contributed by atoms with van der Waals surface area (Å²) in [5.74, 6) is 0.295. The lowest BCUT2D eigenvalue weighted by Gasteiger charge is -2.26. The van der Waals surface area contributed by atoms with Gasteiger partial charge in [0, 0.05) is 30.3 Å². The number of benzene rings is 4. The fourth-order valence-electron chi connectivity index (χ4n) is 5.42. The lowest BCUT2D eigenvalue weighted by molar-refractivity contribution is -0.121. The van der Waals surface area contributed by atoms with Crippen molar-refractivity contribution in [1.29, 1.82) is 0 Å². The number of hydrogen-bond donors (Lipinski definition) is 3. The molecule has 2 atom stereocenters. The second-order valence-corrected chi connectivity index (χ2v) is 12.1. The summed E-state index contributed by atoms with van der Waals surface area (Å²) in [5, 5.41) is 12.1. The quantitative estimate of drug-likeness (QED) is 0.277. The van der Waals surface area contributed by atoms with Gasteiger partial charge in [-0.2, -0.15) is 0 Å². The van der Waals surface area contributed by atoms with Gasteiger partial charge in [0.2, 0.25) is 6.79 Å². The second kappa shape index (κ2) is 11.1. The summed E-state index contributed by atoms with van der Waals surface area (Å²) in [6, 6.07) is 26.5. The number of sulfonamides is 1. The Morgan fingerprint density at radius 2 is 1.63 bits per heavy atom. The number of likely N-dealkylation sites (N-methyl/N-ethyl adjacent to an activating group) is 1. The zero-order valence-electron chi connectivity index (χ0n) is 23.2. The predicted molar refractivity (Wildman–Crippen MR) is 159 cm³/mol. The molecule has 11 heteroatoms. The standard InChI is InChI=1S/C32H29N3O7S/c1-35(24-15-16-27-28(17-24)42-20-41-27)30(37)32(18-26(32)23-7-3-2-4-8-23)33-31(38)34-43(39,40)29-10-6-5-9-25(29)22-13-11-21(19-36)12-14-22/h2-17,26,36H,18-20H2,1H3,(H2,33,34,38). The smallest absolute Gasteiger partial charge is 0.329 e. The van der Waals surface area contributed by atoms with Crippen LogP contribution < -0.4 is 24.4 Å². The van der Waals surface area contributed by atoms with E-state index < -0.39 is 27.5 Å². The SMILES string of the molecule is CN(C(=O)C1(NC(=O)NS(=O)(=O)c2ccccc2-c2ccc(CO)cc2)CC1c1ccccc1)c1ccc2c(c1)OCO2. The molecule has 43 heavy (non-hydrogen) atoms. The number of ether oxygens (including phenoxy) is 2. The van der Waals surface area contributed by atoms with E-state index in [0.29, 0.717) is 33.9 Å². The lowest BCUT2D eigenvalue weighted by atomic mass is 10.0. The highest BCUT2D eigenvalue weighted by molar-refractivity contribution is 7.90. The van der Waals surface area contributed by atoms with E-state index in [1.807, 2.05) is 30.3 Å². The Kier molecular flexibility index (Phi) is 7.28. The number of aliphatic hydroxyl groups is 1. The van der Waals surface area contributed by atoms with E-state index in [9.17, 15) is 23.1 Å². The van der Waals surface area contributed by atoms with E-state index >= 15 is 0 Å². The van der Waals surface area contributed by atoms with Gasteiger partial charge >= 0.3 is 6.03 Å². The van der Waals surface area contributed by atoms with Crippen molar-refractivity contribution in [3.8, 4) is 22.6 Å². The van der Waals surface area contributed by atoms with Gasteiger partial charge in [-0.05, 0) is 41.3 Å². The maximum Gasteiger partial charge on any atom is 0.329 e. The number of carbonyl (C=O) groups excluding carboxylic acids is 2. The molecule has 1 aliphatic heterocycles. The van der Waals surface area contributed by atoms with Gasteiger partial charge in [0.15, 0.2) is 11.5 Å². The first-order valence-electron chi connectivity index (χ1n) is 13.6. The van der Waals surface area contributed by atoms with Crippen LogP contribution in [0.2, 0.25) is 0 Å². The van der Waals surface area contributed by atoms with Crippen LogP contribution in [0.4, 0.5) is 10.5 Å². The van der Waals surface area contributed by atoms with Crippen molar-refractivity contribution in [2.75, 3.05) is 18.7 Å². The second-order valence-electron chi connectivity index (χ2n) is 10.5. The highest BCUT2D eigenvalue weighted by Gasteiger charge is 2.63. The summed E-state index contributed by atoms with van der Waals surface area (Å²) in [6.07, 6.45) is 0.284. The first-order chi connectivity index (χ1) is 20.7.